The van der Waals surface area contributed by atoms with E-state index >= 15 is 0 Å². The van der Waals surface area contributed by atoms with Gasteiger partial charge in [-0.15, -0.1) is 6.58 Å². The summed E-state index contributed by atoms with van der Waals surface area (Å²) in [5.41, 5.74) is 0. The van der Waals surface area contributed by atoms with Crippen molar-refractivity contribution in [3.05, 3.63) is 12.7 Å². The summed E-state index contributed by atoms with van der Waals surface area (Å²) in [6.07, 6.45) is 3.57. The minimum absolute atomic E-state index is 0.0362. The van der Waals surface area contributed by atoms with Gasteiger partial charge in [0.05, 0.1) is 5.75 Å². The first-order chi connectivity index (χ1) is 7.06. The summed E-state index contributed by atoms with van der Waals surface area (Å²) in [7, 11) is -1.46. The molecule has 0 unspecified atom stereocenters. The van der Waals surface area contributed by atoms with E-state index in [1.807, 2.05) is 0 Å². The lowest BCUT2D eigenvalue weighted by molar-refractivity contribution is 0.311. The molecule has 1 rings (SSSR count). The van der Waals surface area contributed by atoms with Crippen molar-refractivity contribution < 1.29 is 8.42 Å². The molecule has 0 amide bonds. The van der Waals surface area contributed by atoms with Crippen LogP contribution >= 0.6 is 0 Å². The largest absolute Gasteiger partial charge is 0.317 e. The minimum Gasteiger partial charge on any atom is -0.317 e. The highest BCUT2D eigenvalue weighted by Gasteiger charge is 2.21. The Hall–Kier alpha value is -0.390. The van der Waals surface area contributed by atoms with Crippen LogP contribution in [0.15, 0.2) is 12.7 Å². The van der Waals surface area contributed by atoms with Crippen LogP contribution < -0.4 is 5.32 Å². The summed E-state index contributed by atoms with van der Waals surface area (Å²) in [4.78, 5) is 0. The van der Waals surface area contributed by atoms with E-state index in [1.165, 1.54) is 10.4 Å². The van der Waals surface area contributed by atoms with E-state index in [9.17, 15) is 8.42 Å². The zero-order valence-electron chi connectivity index (χ0n) is 9.28. The summed E-state index contributed by atoms with van der Waals surface area (Å²) in [5, 5.41) is 3.27. The fourth-order valence-corrected chi connectivity index (χ4v) is 2.81. The smallest absolute Gasteiger partial charge is 0.217 e. The highest BCUT2D eigenvalue weighted by molar-refractivity contribution is 7.89. The lowest BCUT2D eigenvalue weighted by atomic mass is 9.98. The molecule has 15 heavy (non-hydrogen) atoms. The van der Waals surface area contributed by atoms with Crippen molar-refractivity contribution in [1.82, 2.24) is 9.62 Å². The van der Waals surface area contributed by atoms with Gasteiger partial charge in [0.2, 0.25) is 10.0 Å². The second-order valence-corrected chi connectivity index (χ2v) is 6.16. The fourth-order valence-electron chi connectivity index (χ4n) is 1.82. The van der Waals surface area contributed by atoms with Gasteiger partial charge in [0, 0.05) is 13.6 Å². The third-order valence-electron chi connectivity index (χ3n) is 2.78. The van der Waals surface area contributed by atoms with Crippen LogP contribution in [0.5, 0.6) is 0 Å². The van der Waals surface area contributed by atoms with Gasteiger partial charge in [0.15, 0.2) is 0 Å². The molecule has 0 radical (unpaired) electrons. The van der Waals surface area contributed by atoms with E-state index < -0.39 is 10.0 Å². The normalized spacial score (nSPS) is 19.3. The van der Waals surface area contributed by atoms with Crippen LogP contribution in [0, 0.1) is 5.92 Å². The molecule has 1 aliphatic rings. The third kappa shape index (κ3) is 3.93. The number of nitrogens with one attached hydrogen (secondary N) is 1. The van der Waals surface area contributed by atoms with Gasteiger partial charge in [-0.1, -0.05) is 6.08 Å². The van der Waals surface area contributed by atoms with Gasteiger partial charge in [0.1, 0.15) is 0 Å². The molecule has 0 saturated carbocycles. The van der Waals surface area contributed by atoms with Gasteiger partial charge in [-0.3, -0.25) is 0 Å². The van der Waals surface area contributed by atoms with Gasteiger partial charge in [0.25, 0.3) is 0 Å². The van der Waals surface area contributed by atoms with Crippen LogP contribution in [0.25, 0.3) is 0 Å². The number of nitrogens with zero attached hydrogens (tertiary/aromatic N) is 1. The van der Waals surface area contributed by atoms with Crippen LogP contribution in [-0.4, -0.2) is 45.2 Å². The maximum Gasteiger partial charge on any atom is 0.217 e. The Morgan fingerprint density at radius 1 is 1.47 bits per heavy atom. The average molecular weight is 232 g/mol. The second kappa shape index (κ2) is 5.63. The molecule has 1 N–H and O–H groups in total. The molecule has 0 spiro atoms. The average Bonchev–Trinajstić information content (AvgIpc) is 2.19. The van der Waals surface area contributed by atoms with Gasteiger partial charge in [-0.2, -0.15) is 0 Å². The van der Waals surface area contributed by atoms with Crippen molar-refractivity contribution in [1.29, 1.82) is 0 Å². The maximum absolute atomic E-state index is 11.6. The first kappa shape index (κ1) is 12.7. The second-order valence-electron chi connectivity index (χ2n) is 4.04. The monoisotopic (exact) mass is 232 g/mol. The van der Waals surface area contributed by atoms with Crippen LogP contribution in [0.2, 0.25) is 0 Å². The molecule has 1 fully saturated rings. The minimum atomic E-state index is -3.11. The zero-order chi connectivity index (χ0) is 11.3. The maximum atomic E-state index is 11.6. The molecule has 0 aromatic heterocycles. The van der Waals surface area contributed by atoms with Crippen LogP contribution in [0.4, 0.5) is 0 Å². The molecule has 0 aromatic carbocycles. The van der Waals surface area contributed by atoms with E-state index in [1.54, 1.807) is 7.05 Å². The Morgan fingerprint density at radius 3 is 2.60 bits per heavy atom. The Balaban J connectivity index is 2.46. The molecular formula is C10H20N2O2S. The Bertz CT molecular complexity index is 295. The van der Waals surface area contributed by atoms with E-state index in [-0.39, 0.29) is 5.75 Å². The number of rotatable bonds is 5. The fraction of sp³-hybridized carbons (Fsp3) is 0.800. The van der Waals surface area contributed by atoms with Gasteiger partial charge in [-0.05, 0) is 31.8 Å². The highest BCUT2D eigenvalue weighted by atomic mass is 32.2. The van der Waals surface area contributed by atoms with Crippen LogP contribution in [0.3, 0.4) is 0 Å². The van der Waals surface area contributed by atoms with E-state index in [4.69, 9.17) is 0 Å². The molecule has 0 aromatic rings. The molecule has 0 atom stereocenters. The molecule has 0 bridgehead atoms. The summed E-state index contributed by atoms with van der Waals surface area (Å²) in [5.74, 6) is 0.532. The summed E-state index contributed by atoms with van der Waals surface area (Å²) in [6.45, 7) is 6.10. The Kier molecular flexibility index (Phi) is 4.76. The van der Waals surface area contributed by atoms with Crippen molar-refractivity contribution in [2.24, 2.45) is 5.92 Å². The number of hydrogen-bond acceptors (Lipinski definition) is 3. The summed E-state index contributed by atoms with van der Waals surface area (Å²) < 4.78 is 24.7. The van der Waals surface area contributed by atoms with E-state index in [0.29, 0.717) is 12.5 Å². The molecule has 88 valence electrons. The predicted octanol–water partition coefficient (Wildman–Crippen LogP) is 0.434. The Labute approximate surface area is 92.4 Å². The van der Waals surface area contributed by atoms with E-state index in [2.05, 4.69) is 11.9 Å². The predicted molar refractivity (Wildman–Crippen MR) is 62.2 cm³/mol. The number of hydrogen-bond donors (Lipinski definition) is 1. The molecule has 0 aliphatic carbocycles. The molecule has 5 heteroatoms. The lowest BCUT2D eigenvalue weighted by Gasteiger charge is -2.26. The molecule has 4 nitrogen and oxygen atoms in total. The van der Waals surface area contributed by atoms with Gasteiger partial charge >= 0.3 is 0 Å². The van der Waals surface area contributed by atoms with Crippen LogP contribution in [-0.2, 0) is 10.0 Å². The number of piperidine rings is 1. The van der Waals surface area contributed by atoms with Crippen LogP contribution in [0.1, 0.15) is 12.8 Å². The molecule has 1 saturated heterocycles. The van der Waals surface area contributed by atoms with Crippen molar-refractivity contribution in [2.75, 3.05) is 32.4 Å². The van der Waals surface area contributed by atoms with Crippen molar-refractivity contribution in [3.63, 3.8) is 0 Å². The van der Waals surface area contributed by atoms with Gasteiger partial charge < -0.3 is 5.32 Å². The van der Waals surface area contributed by atoms with Gasteiger partial charge in [-0.25, -0.2) is 12.7 Å². The summed E-state index contributed by atoms with van der Waals surface area (Å²) >= 11 is 0. The first-order valence-corrected chi connectivity index (χ1v) is 6.93. The van der Waals surface area contributed by atoms with Crippen molar-refractivity contribution >= 4 is 10.0 Å². The third-order valence-corrected chi connectivity index (χ3v) is 4.53. The number of sulfonamides is 1. The quantitative estimate of drug-likeness (QED) is 0.700. The highest BCUT2D eigenvalue weighted by Crippen LogP contribution is 2.14. The topological polar surface area (TPSA) is 49.4 Å². The SMILES string of the molecule is C=CCS(=O)(=O)N(C)CC1CCNCC1. The molecular weight excluding hydrogens is 212 g/mol. The Morgan fingerprint density at radius 2 is 2.07 bits per heavy atom. The lowest BCUT2D eigenvalue weighted by Crippen LogP contribution is -2.37. The zero-order valence-corrected chi connectivity index (χ0v) is 10.1. The van der Waals surface area contributed by atoms with Crippen molar-refractivity contribution in [3.8, 4) is 0 Å². The molecule has 1 heterocycles. The first-order valence-electron chi connectivity index (χ1n) is 5.32. The molecule has 1 aliphatic heterocycles. The standard InChI is InChI=1S/C10H20N2O2S/c1-3-8-15(13,14)12(2)9-10-4-6-11-7-5-10/h3,10-11H,1,4-9H2,2H3. The summed E-state index contributed by atoms with van der Waals surface area (Å²) in [6, 6.07) is 0. The van der Waals surface area contributed by atoms with E-state index in [0.717, 1.165) is 25.9 Å². The van der Waals surface area contributed by atoms with Crippen molar-refractivity contribution in [2.45, 2.75) is 12.8 Å².